The third-order valence-electron chi connectivity index (χ3n) is 6.30. The third-order valence-corrected chi connectivity index (χ3v) is 6.30. The minimum absolute atomic E-state index is 0.105. The summed E-state index contributed by atoms with van der Waals surface area (Å²) in [5, 5.41) is 14.8. The maximum absolute atomic E-state index is 13.1. The summed E-state index contributed by atoms with van der Waals surface area (Å²) in [6.45, 7) is 3.67. The Morgan fingerprint density at radius 1 is 1.19 bits per heavy atom. The SMILES string of the molecule is C[C@@H](NC(=O)C(=O)N[C@H]1COc2ccc(C#CCN3CC[C@H](O)C3)cc2N(C)C1=O)c1ccccc1. The summed E-state index contributed by atoms with van der Waals surface area (Å²) in [6, 6.07) is 13.2. The van der Waals surface area contributed by atoms with Crippen molar-refractivity contribution in [1.29, 1.82) is 0 Å². The van der Waals surface area contributed by atoms with Gasteiger partial charge in [-0.15, -0.1) is 0 Å². The van der Waals surface area contributed by atoms with Crippen molar-refractivity contribution in [3.05, 3.63) is 59.7 Å². The molecule has 9 nitrogen and oxygen atoms in total. The smallest absolute Gasteiger partial charge is 0.310 e. The van der Waals surface area contributed by atoms with E-state index in [0.717, 1.165) is 18.5 Å². The molecule has 4 rings (SSSR count). The molecule has 1 fully saturated rings. The monoisotopic (exact) mass is 490 g/mol. The highest BCUT2D eigenvalue weighted by Crippen LogP contribution is 2.31. The Bertz CT molecular complexity index is 1190. The van der Waals surface area contributed by atoms with E-state index < -0.39 is 23.8 Å². The fraction of sp³-hybridized carbons (Fsp3) is 0.370. The lowest BCUT2D eigenvalue weighted by atomic mass is 10.1. The normalized spacial score (nSPS) is 20.3. The predicted octanol–water partition coefficient (Wildman–Crippen LogP) is 0.822. The van der Waals surface area contributed by atoms with Crippen LogP contribution in [0.4, 0.5) is 5.69 Å². The van der Waals surface area contributed by atoms with E-state index in [1.165, 1.54) is 4.90 Å². The lowest BCUT2D eigenvalue weighted by Gasteiger charge is -2.21. The van der Waals surface area contributed by atoms with Crippen molar-refractivity contribution in [3.63, 3.8) is 0 Å². The van der Waals surface area contributed by atoms with Gasteiger partial charge in [0.15, 0.2) is 0 Å². The molecule has 2 aliphatic rings. The molecule has 2 aromatic rings. The molecule has 0 radical (unpaired) electrons. The molecule has 2 heterocycles. The van der Waals surface area contributed by atoms with Gasteiger partial charge in [-0.2, -0.15) is 0 Å². The fourth-order valence-corrected chi connectivity index (χ4v) is 4.20. The number of hydrogen-bond donors (Lipinski definition) is 3. The minimum atomic E-state index is -1.02. The van der Waals surface area contributed by atoms with Crippen LogP contribution in [0.3, 0.4) is 0 Å². The Balaban J connectivity index is 1.37. The van der Waals surface area contributed by atoms with Crippen LogP contribution in [0.2, 0.25) is 0 Å². The van der Waals surface area contributed by atoms with E-state index >= 15 is 0 Å². The van der Waals surface area contributed by atoms with Crippen LogP contribution >= 0.6 is 0 Å². The second kappa shape index (κ2) is 11.2. The Hall–Kier alpha value is -3.87. The summed E-state index contributed by atoms with van der Waals surface area (Å²) >= 11 is 0. The quantitative estimate of drug-likeness (QED) is 0.432. The average Bonchev–Trinajstić information content (AvgIpc) is 3.26. The summed E-state index contributed by atoms with van der Waals surface area (Å²) < 4.78 is 5.79. The van der Waals surface area contributed by atoms with Crippen molar-refractivity contribution in [1.82, 2.24) is 15.5 Å². The van der Waals surface area contributed by atoms with Crippen molar-refractivity contribution < 1.29 is 24.2 Å². The lowest BCUT2D eigenvalue weighted by Crippen LogP contribution is -2.53. The van der Waals surface area contributed by atoms with Crippen LogP contribution < -0.4 is 20.3 Å². The van der Waals surface area contributed by atoms with Gasteiger partial charge in [0.25, 0.3) is 5.91 Å². The molecule has 9 heteroatoms. The molecule has 0 aromatic heterocycles. The van der Waals surface area contributed by atoms with Crippen LogP contribution in [-0.4, -0.2) is 73.2 Å². The number of likely N-dealkylation sites (N-methyl/N-ethyl adjacent to an activating group) is 1. The summed E-state index contributed by atoms with van der Waals surface area (Å²) in [5.41, 5.74) is 2.11. The zero-order valence-corrected chi connectivity index (χ0v) is 20.4. The number of β-amino-alcohol motifs (C(OH)–C–C–N with tert-alkyl or cyclic N) is 1. The number of fused-ring (bicyclic) bond motifs is 1. The van der Waals surface area contributed by atoms with Gasteiger partial charge in [-0.1, -0.05) is 42.2 Å². The Labute approximate surface area is 210 Å². The summed E-state index contributed by atoms with van der Waals surface area (Å²) in [6.07, 6.45) is 0.471. The number of likely N-dealkylation sites (tertiary alicyclic amines) is 1. The zero-order valence-electron chi connectivity index (χ0n) is 20.4. The number of hydrogen-bond acceptors (Lipinski definition) is 6. The molecule has 3 atom stereocenters. The summed E-state index contributed by atoms with van der Waals surface area (Å²) in [5.74, 6) is 4.55. The van der Waals surface area contributed by atoms with E-state index in [1.807, 2.05) is 30.3 Å². The lowest BCUT2D eigenvalue weighted by molar-refractivity contribution is -0.141. The molecule has 0 unspecified atom stereocenters. The second-order valence-corrected chi connectivity index (χ2v) is 9.00. The second-order valence-electron chi connectivity index (χ2n) is 9.00. The number of ether oxygens (including phenoxy) is 1. The zero-order chi connectivity index (χ0) is 25.7. The molecule has 2 aromatic carbocycles. The molecule has 3 N–H and O–H groups in total. The van der Waals surface area contributed by atoms with Crippen molar-refractivity contribution >= 4 is 23.4 Å². The molecule has 1 saturated heterocycles. The van der Waals surface area contributed by atoms with Crippen molar-refractivity contribution in [2.75, 3.05) is 38.2 Å². The number of carbonyl (C=O) groups excluding carboxylic acids is 3. The minimum Gasteiger partial charge on any atom is -0.489 e. The van der Waals surface area contributed by atoms with Gasteiger partial charge in [0.05, 0.1) is 24.4 Å². The van der Waals surface area contributed by atoms with E-state index in [2.05, 4.69) is 27.4 Å². The van der Waals surface area contributed by atoms with E-state index in [1.54, 1.807) is 32.2 Å². The van der Waals surface area contributed by atoms with Crippen molar-refractivity contribution in [2.45, 2.75) is 31.5 Å². The first-order valence-corrected chi connectivity index (χ1v) is 11.9. The van der Waals surface area contributed by atoms with Crippen LogP contribution in [0.15, 0.2) is 48.5 Å². The number of nitrogens with one attached hydrogen (secondary N) is 2. The van der Waals surface area contributed by atoms with Crippen LogP contribution in [0.25, 0.3) is 0 Å². The number of aliphatic hydroxyl groups is 1. The maximum Gasteiger partial charge on any atom is 0.310 e. The van der Waals surface area contributed by atoms with Gasteiger partial charge in [0.2, 0.25) is 0 Å². The highest BCUT2D eigenvalue weighted by Gasteiger charge is 2.32. The molecule has 188 valence electrons. The first kappa shape index (κ1) is 25.2. The number of anilines is 1. The van der Waals surface area contributed by atoms with Crippen LogP contribution in [0, 0.1) is 11.8 Å². The van der Waals surface area contributed by atoms with E-state index in [4.69, 9.17) is 4.74 Å². The van der Waals surface area contributed by atoms with Gasteiger partial charge in [0, 0.05) is 25.7 Å². The summed E-state index contributed by atoms with van der Waals surface area (Å²) in [7, 11) is 1.59. The van der Waals surface area contributed by atoms with Gasteiger partial charge in [-0.3, -0.25) is 19.3 Å². The van der Waals surface area contributed by atoms with Gasteiger partial charge in [-0.25, -0.2) is 0 Å². The number of aliphatic hydroxyl groups excluding tert-OH is 1. The highest BCUT2D eigenvalue weighted by atomic mass is 16.5. The van der Waals surface area contributed by atoms with Crippen molar-refractivity contribution in [3.8, 4) is 17.6 Å². The van der Waals surface area contributed by atoms with Crippen LogP contribution in [-0.2, 0) is 14.4 Å². The molecule has 36 heavy (non-hydrogen) atoms. The molecule has 0 aliphatic carbocycles. The number of nitrogens with zero attached hydrogens (tertiary/aromatic N) is 2. The molecule has 2 aliphatic heterocycles. The molecular weight excluding hydrogens is 460 g/mol. The van der Waals surface area contributed by atoms with Gasteiger partial charge in [-0.05, 0) is 37.1 Å². The predicted molar refractivity (Wildman–Crippen MR) is 134 cm³/mol. The largest absolute Gasteiger partial charge is 0.489 e. The van der Waals surface area contributed by atoms with E-state index in [0.29, 0.717) is 30.1 Å². The molecule has 3 amide bonds. The molecule has 0 bridgehead atoms. The number of benzene rings is 2. The average molecular weight is 491 g/mol. The van der Waals surface area contributed by atoms with Gasteiger partial charge >= 0.3 is 11.8 Å². The number of amides is 3. The highest BCUT2D eigenvalue weighted by molar-refractivity contribution is 6.35. The van der Waals surface area contributed by atoms with E-state index in [9.17, 15) is 19.5 Å². The number of rotatable bonds is 4. The van der Waals surface area contributed by atoms with Crippen molar-refractivity contribution in [2.24, 2.45) is 0 Å². The molecule has 0 saturated carbocycles. The topological polar surface area (TPSA) is 111 Å². The maximum atomic E-state index is 13.1. The summed E-state index contributed by atoms with van der Waals surface area (Å²) in [4.78, 5) is 41.5. The fourth-order valence-electron chi connectivity index (χ4n) is 4.20. The Morgan fingerprint density at radius 3 is 2.69 bits per heavy atom. The first-order valence-electron chi connectivity index (χ1n) is 11.9. The van der Waals surface area contributed by atoms with Crippen LogP contribution in [0.5, 0.6) is 5.75 Å². The molecular formula is C27H30N4O5. The van der Waals surface area contributed by atoms with Crippen LogP contribution in [0.1, 0.15) is 30.5 Å². The number of carbonyl (C=O) groups is 3. The van der Waals surface area contributed by atoms with Gasteiger partial charge in [0.1, 0.15) is 18.4 Å². The van der Waals surface area contributed by atoms with E-state index in [-0.39, 0.29) is 18.8 Å². The molecule has 0 spiro atoms. The third kappa shape index (κ3) is 6.03. The standard InChI is InChI=1S/C27H30N4O5/c1-18(20-8-4-3-5-9-20)28-25(33)26(34)29-22-17-36-24-11-10-19(15-23(24)30(2)27(22)35)7-6-13-31-14-12-21(32)16-31/h3-5,8-11,15,18,21-22,32H,12-14,16-17H2,1-2H3,(H,28,33)(H,29,34)/t18-,21+,22+/m1/s1. The first-order chi connectivity index (χ1) is 17.3. The van der Waals surface area contributed by atoms with Gasteiger partial charge < -0.3 is 25.4 Å². The Morgan fingerprint density at radius 2 is 1.97 bits per heavy atom. The Kier molecular flexibility index (Phi) is 7.88.